The van der Waals surface area contributed by atoms with Gasteiger partial charge in [0.2, 0.25) is 0 Å². The molecule has 1 aromatic rings. The van der Waals surface area contributed by atoms with Crippen LogP contribution in [0.1, 0.15) is 18.7 Å². The molecule has 1 aromatic heterocycles. The quantitative estimate of drug-likeness (QED) is 0.753. The number of carbonyl (C=O) groups is 2. The van der Waals surface area contributed by atoms with Crippen molar-refractivity contribution < 1.29 is 18.7 Å². The number of rotatable bonds is 2. The first-order chi connectivity index (χ1) is 8.13. The molecule has 6 heteroatoms. The van der Waals surface area contributed by atoms with Crippen LogP contribution in [0.2, 0.25) is 0 Å². The van der Waals surface area contributed by atoms with E-state index in [-0.39, 0.29) is 6.03 Å². The van der Waals surface area contributed by atoms with Crippen molar-refractivity contribution in [3.05, 3.63) is 35.4 Å². The highest BCUT2D eigenvalue weighted by atomic mass is 16.5. The van der Waals surface area contributed by atoms with Crippen molar-refractivity contribution in [3.63, 3.8) is 0 Å². The standard InChI is InChI=1S/C11H12N2O4/c1-6-8(10(14)16-2)9(13-11(15)12-6)7-4-3-5-17-7/h3-5,9H,1-2H3,(H2,12,13,15)/t9-/m0/s1. The third kappa shape index (κ3) is 2.01. The maximum atomic E-state index is 11.7. The minimum atomic E-state index is -0.619. The molecule has 6 nitrogen and oxygen atoms in total. The molecule has 17 heavy (non-hydrogen) atoms. The lowest BCUT2D eigenvalue weighted by Crippen LogP contribution is -2.45. The number of carbonyl (C=O) groups excluding carboxylic acids is 2. The molecule has 0 saturated heterocycles. The van der Waals surface area contributed by atoms with Crippen molar-refractivity contribution >= 4 is 12.0 Å². The number of esters is 1. The average molecular weight is 236 g/mol. The number of amides is 2. The topological polar surface area (TPSA) is 80.6 Å². The Morgan fingerprint density at radius 1 is 1.53 bits per heavy atom. The zero-order valence-corrected chi connectivity index (χ0v) is 9.44. The number of nitrogens with one attached hydrogen (secondary N) is 2. The van der Waals surface area contributed by atoms with Gasteiger partial charge in [-0.25, -0.2) is 9.59 Å². The van der Waals surface area contributed by atoms with Crippen molar-refractivity contribution in [2.75, 3.05) is 7.11 Å². The highest BCUT2D eigenvalue weighted by Crippen LogP contribution is 2.27. The second-order valence-corrected chi connectivity index (χ2v) is 3.58. The Morgan fingerprint density at radius 3 is 2.88 bits per heavy atom. The van der Waals surface area contributed by atoms with Crippen molar-refractivity contribution in [1.82, 2.24) is 10.6 Å². The Labute approximate surface area is 97.6 Å². The fourth-order valence-electron chi connectivity index (χ4n) is 1.74. The molecule has 0 radical (unpaired) electrons. The molecule has 2 N–H and O–H groups in total. The van der Waals surface area contributed by atoms with Gasteiger partial charge in [-0.1, -0.05) is 0 Å². The minimum absolute atomic E-state index is 0.335. The summed E-state index contributed by atoms with van der Waals surface area (Å²) >= 11 is 0. The normalized spacial score (nSPS) is 19.6. The van der Waals surface area contributed by atoms with Crippen molar-refractivity contribution in [1.29, 1.82) is 0 Å². The lowest BCUT2D eigenvalue weighted by atomic mass is 10.0. The average Bonchev–Trinajstić information content (AvgIpc) is 2.80. The smallest absolute Gasteiger partial charge is 0.338 e. The Morgan fingerprint density at radius 2 is 2.29 bits per heavy atom. The summed E-state index contributed by atoms with van der Waals surface area (Å²) in [5, 5.41) is 5.14. The molecule has 0 aliphatic carbocycles. The van der Waals surface area contributed by atoms with Crippen LogP contribution in [0.15, 0.2) is 34.1 Å². The van der Waals surface area contributed by atoms with Gasteiger partial charge in [0.15, 0.2) is 0 Å². The van der Waals surface area contributed by atoms with Crippen LogP contribution in [-0.4, -0.2) is 19.1 Å². The summed E-state index contributed by atoms with van der Waals surface area (Å²) in [4.78, 5) is 23.1. The molecule has 1 aliphatic heterocycles. The molecule has 0 fully saturated rings. The van der Waals surface area contributed by atoms with Crippen LogP contribution < -0.4 is 10.6 Å². The third-order valence-corrected chi connectivity index (χ3v) is 2.50. The van der Waals surface area contributed by atoms with E-state index in [1.807, 2.05) is 0 Å². The monoisotopic (exact) mass is 236 g/mol. The summed E-state index contributed by atoms with van der Waals surface area (Å²) in [5.41, 5.74) is 0.795. The first-order valence-corrected chi connectivity index (χ1v) is 5.03. The van der Waals surface area contributed by atoms with E-state index in [9.17, 15) is 9.59 Å². The summed E-state index contributed by atoms with van der Waals surface area (Å²) in [7, 11) is 1.29. The fourth-order valence-corrected chi connectivity index (χ4v) is 1.74. The number of allylic oxidation sites excluding steroid dienone is 1. The number of urea groups is 1. The number of ether oxygens (including phenoxy) is 1. The van der Waals surface area contributed by atoms with Gasteiger partial charge in [-0.3, -0.25) is 0 Å². The second kappa shape index (κ2) is 4.32. The van der Waals surface area contributed by atoms with Gasteiger partial charge >= 0.3 is 12.0 Å². The van der Waals surface area contributed by atoms with Gasteiger partial charge in [0.25, 0.3) is 0 Å². The molecule has 2 amide bonds. The van der Waals surface area contributed by atoms with Gasteiger partial charge in [0.05, 0.1) is 18.9 Å². The van der Waals surface area contributed by atoms with Crippen LogP contribution in [0.4, 0.5) is 4.79 Å². The SMILES string of the molecule is COC(=O)C1=C(C)NC(=O)N[C@H]1c1ccco1. The molecular weight excluding hydrogens is 224 g/mol. The van der Waals surface area contributed by atoms with E-state index >= 15 is 0 Å². The van der Waals surface area contributed by atoms with Crippen LogP contribution in [0, 0.1) is 0 Å². The molecule has 2 heterocycles. The fraction of sp³-hybridized carbons (Fsp3) is 0.273. The highest BCUT2D eigenvalue weighted by Gasteiger charge is 2.33. The number of methoxy groups -OCH3 is 1. The Hall–Kier alpha value is -2.24. The predicted molar refractivity (Wildman–Crippen MR) is 57.8 cm³/mol. The first kappa shape index (κ1) is 11.3. The van der Waals surface area contributed by atoms with Gasteiger partial charge in [-0.15, -0.1) is 0 Å². The molecule has 1 atom stereocenters. The molecule has 0 bridgehead atoms. The van der Waals surface area contributed by atoms with Crippen molar-refractivity contribution in [2.45, 2.75) is 13.0 Å². The Kier molecular flexibility index (Phi) is 2.86. The third-order valence-electron chi connectivity index (χ3n) is 2.50. The molecule has 90 valence electrons. The van der Waals surface area contributed by atoms with Crippen LogP contribution in [-0.2, 0) is 9.53 Å². The lowest BCUT2D eigenvalue weighted by molar-refractivity contribution is -0.136. The zero-order chi connectivity index (χ0) is 12.4. The van der Waals surface area contributed by atoms with E-state index in [2.05, 4.69) is 10.6 Å². The van der Waals surface area contributed by atoms with E-state index in [1.54, 1.807) is 19.1 Å². The highest BCUT2D eigenvalue weighted by molar-refractivity contribution is 5.94. The molecule has 0 aromatic carbocycles. The summed E-state index contributed by atoms with van der Waals surface area (Å²) in [6, 6.07) is 2.38. The van der Waals surface area contributed by atoms with E-state index in [0.717, 1.165) is 0 Å². The van der Waals surface area contributed by atoms with Crippen molar-refractivity contribution in [2.24, 2.45) is 0 Å². The molecular formula is C11H12N2O4. The Balaban J connectivity index is 2.44. The first-order valence-electron chi connectivity index (χ1n) is 5.03. The van der Waals surface area contributed by atoms with Gasteiger partial charge in [0, 0.05) is 5.70 Å². The van der Waals surface area contributed by atoms with Crippen LogP contribution >= 0.6 is 0 Å². The molecule has 1 aliphatic rings. The van der Waals surface area contributed by atoms with Gasteiger partial charge in [0.1, 0.15) is 11.8 Å². The Bertz CT molecular complexity index is 476. The molecule has 0 spiro atoms. The van der Waals surface area contributed by atoms with Crippen molar-refractivity contribution in [3.8, 4) is 0 Å². The summed E-state index contributed by atoms with van der Waals surface area (Å²) in [6.07, 6.45) is 1.48. The van der Waals surface area contributed by atoms with E-state index in [0.29, 0.717) is 17.0 Å². The van der Waals surface area contributed by atoms with Crippen LogP contribution in [0.25, 0.3) is 0 Å². The number of hydrogen-bond acceptors (Lipinski definition) is 4. The van der Waals surface area contributed by atoms with Gasteiger partial charge in [-0.05, 0) is 19.1 Å². The van der Waals surface area contributed by atoms with E-state index in [1.165, 1.54) is 13.4 Å². The molecule has 0 saturated carbocycles. The lowest BCUT2D eigenvalue weighted by Gasteiger charge is -2.25. The maximum absolute atomic E-state index is 11.7. The summed E-state index contributed by atoms with van der Waals surface area (Å²) < 4.78 is 9.90. The summed E-state index contributed by atoms with van der Waals surface area (Å²) in [5.74, 6) is -0.0176. The minimum Gasteiger partial charge on any atom is -0.467 e. The second-order valence-electron chi connectivity index (χ2n) is 3.58. The largest absolute Gasteiger partial charge is 0.467 e. The maximum Gasteiger partial charge on any atom is 0.338 e. The van der Waals surface area contributed by atoms with Crippen LogP contribution in [0.5, 0.6) is 0 Å². The summed E-state index contributed by atoms with van der Waals surface area (Å²) in [6.45, 7) is 1.64. The van der Waals surface area contributed by atoms with Gasteiger partial charge < -0.3 is 19.8 Å². The predicted octanol–water partition coefficient (Wildman–Crippen LogP) is 1.08. The molecule has 0 unspecified atom stereocenters. The number of hydrogen-bond donors (Lipinski definition) is 2. The number of furan rings is 1. The van der Waals surface area contributed by atoms with Crippen LogP contribution in [0.3, 0.4) is 0 Å². The van der Waals surface area contributed by atoms with E-state index < -0.39 is 12.0 Å². The van der Waals surface area contributed by atoms with Gasteiger partial charge in [-0.2, -0.15) is 0 Å². The van der Waals surface area contributed by atoms with E-state index in [4.69, 9.17) is 9.15 Å². The zero-order valence-electron chi connectivity index (χ0n) is 9.44. The molecule has 2 rings (SSSR count).